The number of hydrogen-bond acceptors (Lipinski definition) is 4. The van der Waals surface area contributed by atoms with Crippen LogP contribution in [0.25, 0.3) is 0 Å². The molecule has 2 heterocycles. The molecule has 18 heavy (non-hydrogen) atoms. The largest absolute Gasteiger partial charge is 0.465 e. The first-order valence-corrected chi connectivity index (χ1v) is 6.48. The van der Waals surface area contributed by atoms with E-state index in [9.17, 15) is 15.0 Å². The van der Waals surface area contributed by atoms with Crippen molar-refractivity contribution in [2.75, 3.05) is 19.8 Å². The maximum absolute atomic E-state index is 11.2. The van der Waals surface area contributed by atoms with E-state index in [-0.39, 0.29) is 12.6 Å². The van der Waals surface area contributed by atoms with E-state index in [0.717, 1.165) is 0 Å². The van der Waals surface area contributed by atoms with E-state index in [1.807, 2.05) is 0 Å². The van der Waals surface area contributed by atoms with Gasteiger partial charge in [-0.15, -0.1) is 0 Å². The first-order chi connectivity index (χ1) is 8.50. The van der Waals surface area contributed by atoms with Gasteiger partial charge in [0, 0.05) is 19.3 Å². The summed E-state index contributed by atoms with van der Waals surface area (Å²) < 4.78 is 5.22. The standard InChI is InChI=1S/C12H21NO5/c14-10-2-1-9(13(8-10)11(15)16)7-12(17)3-5-18-6-4-12/h9-10,14,17H,1-8H2,(H,15,16). The number of aliphatic hydroxyl groups excluding tert-OH is 1. The van der Waals surface area contributed by atoms with E-state index in [4.69, 9.17) is 9.84 Å². The Morgan fingerprint density at radius 3 is 2.61 bits per heavy atom. The van der Waals surface area contributed by atoms with Gasteiger partial charge in [-0.05, 0) is 32.1 Å². The number of carbonyl (C=O) groups is 1. The number of carboxylic acid groups (broad SMARTS) is 1. The molecular weight excluding hydrogens is 238 g/mol. The Kier molecular flexibility index (Phi) is 4.09. The van der Waals surface area contributed by atoms with Gasteiger partial charge in [0.05, 0.1) is 18.2 Å². The van der Waals surface area contributed by atoms with E-state index in [1.165, 1.54) is 4.90 Å². The van der Waals surface area contributed by atoms with Crippen LogP contribution < -0.4 is 0 Å². The van der Waals surface area contributed by atoms with Crippen LogP contribution in [-0.4, -0.2) is 63.8 Å². The van der Waals surface area contributed by atoms with Crippen molar-refractivity contribution in [2.45, 2.75) is 49.9 Å². The molecule has 1 amide bonds. The van der Waals surface area contributed by atoms with Gasteiger partial charge in [-0.3, -0.25) is 0 Å². The number of nitrogens with zero attached hydrogens (tertiary/aromatic N) is 1. The molecule has 2 aliphatic heterocycles. The van der Waals surface area contributed by atoms with Crippen molar-refractivity contribution in [3.05, 3.63) is 0 Å². The van der Waals surface area contributed by atoms with Gasteiger partial charge < -0.3 is 25.0 Å². The highest BCUT2D eigenvalue weighted by Crippen LogP contribution is 2.31. The van der Waals surface area contributed by atoms with Gasteiger partial charge in [0.2, 0.25) is 0 Å². The molecule has 0 saturated carbocycles. The Morgan fingerprint density at radius 1 is 1.33 bits per heavy atom. The molecule has 0 aliphatic carbocycles. The number of ether oxygens (including phenoxy) is 1. The van der Waals surface area contributed by atoms with E-state index >= 15 is 0 Å². The Balaban J connectivity index is 1.99. The fourth-order valence-corrected chi connectivity index (χ4v) is 2.85. The summed E-state index contributed by atoms with van der Waals surface area (Å²) in [5.74, 6) is 0. The van der Waals surface area contributed by atoms with Crippen molar-refractivity contribution < 1.29 is 24.9 Å². The van der Waals surface area contributed by atoms with Gasteiger partial charge in [0.15, 0.2) is 0 Å². The Hall–Kier alpha value is -0.850. The minimum atomic E-state index is -1.02. The molecule has 2 rings (SSSR count). The zero-order valence-electron chi connectivity index (χ0n) is 10.4. The third-order valence-electron chi connectivity index (χ3n) is 3.97. The molecule has 3 N–H and O–H groups in total. The van der Waals surface area contributed by atoms with Crippen LogP contribution in [-0.2, 0) is 4.74 Å². The van der Waals surface area contributed by atoms with Gasteiger partial charge in [-0.1, -0.05) is 0 Å². The van der Waals surface area contributed by atoms with E-state index in [2.05, 4.69) is 0 Å². The number of aliphatic hydroxyl groups is 2. The number of rotatable bonds is 2. The van der Waals surface area contributed by atoms with Crippen LogP contribution in [0.1, 0.15) is 32.1 Å². The van der Waals surface area contributed by atoms with Gasteiger partial charge in [0.1, 0.15) is 0 Å². The van der Waals surface area contributed by atoms with Crippen LogP contribution in [0, 0.1) is 0 Å². The summed E-state index contributed by atoms with van der Waals surface area (Å²) in [5, 5.41) is 29.1. The van der Waals surface area contributed by atoms with Crippen molar-refractivity contribution in [1.29, 1.82) is 0 Å². The van der Waals surface area contributed by atoms with Crippen LogP contribution in [0.2, 0.25) is 0 Å². The molecule has 2 fully saturated rings. The average molecular weight is 259 g/mol. The van der Waals surface area contributed by atoms with Crippen LogP contribution in [0.5, 0.6) is 0 Å². The van der Waals surface area contributed by atoms with E-state index < -0.39 is 17.8 Å². The summed E-state index contributed by atoms with van der Waals surface area (Å²) in [7, 11) is 0. The summed E-state index contributed by atoms with van der Waals surface area (Å²) in [6, 6.07) is -0.200. The second kappa shape index (κ2) is 5.42. The number of likely N-dealkylation sites (tertiary alicyclic amines) is 1. The molecule has 2 aliphatic rings. The zero-order valence-corrected chi connectivity index (χ0v) is 10.4. The zero-order chi connectivity index (χ0) is 13.2. The van der Waals surface area contributed by atoms with Crippen molar-refractivity contribution in [3.8, 4) is 0 Å². The first kappa shape index (κ1) is 13.6. The Labute approximate surface area is 106 Å². The molecule has 6 heteroatoms. The third-order valence-corrected chi connectivity index (χ3v) is 3.97. The number of piperidine rings is 1. The second-order valence-corrected chi connectivity index (χ2v) is 5.36. The first-order valence-electron chi connectivity index (χ1n) is 6.48. The lowest BCUT2D eigenvalue weighted by atomic mass is 9.84. The SMILES string of the molecule is O=C(O)N1CC(O)CCC1CC1(O)CCOCC1. The fraction of sp³-hybridized carbons (Fsp3) is 0.917. The van der Waals surface area contributed by atoms with Gasteiger partial charge >= 0.3 is 6.09 Å². The molecule has 0 radical (unpaired) electrons. The van der Waals surface area contributed by atoms with Crippen LogP contribution >= 0.6 is 0 Å². The fourth-order valence-electron chi connectivity index (χ4n) is 2.85. The normalized spacial score (nSPS) is 32.2. The van der Waals surface area contributed by atoms with Crippen LogP contribution in [0.15, 0.2) is 0 Å². The summed E-state index contributed by atoms with van der Waals surface area (Å²) in [6.07, 6.45) is 1.16. The predicted molar refractivity (Wildman–Crippen MR) is 63.4 cm³/mol. The van der Waals surface area contributed by atoms with Gasteiger partial charge in [0.25, 0.3) is 0 Å². The molecule has 0 spiro atoms. The highest BCUT2D eigenvalue weighted by molar-refractivity contribution is 5.65. The lowest BCUT2D eigenvalue weighted by Gasteiger charge is -2.41. The van der Waals surface area contributed by atoms with Crippen LogP contribution in [0.3, 0.4) is 0 Å². The van der Waals surface area contributed by atoms with Crippen molar-refractivity contribution in [2.24, 2.45) is 0 Å². The third kappa shape index (κ3) is 3.13. The summed E-state index contributed by atoms with van der Waals surface area (Å²) in [4.78, 5) is 12.4. The number of amides is 1. The molecule has 2 atom stereocenters. The molecule has 2 unspecified atom stereocenters. The molecule has 0 bridgehead atoms. The van der Waals surface area contributed by atoms with Crippen molar-refractivity contribution in [3.63, 3.8) is 0 Å². The Morgan fingerprint density at radius 2 is 2.00 bits per heavy atom. The lowest BCUT2D eigenvalue weighted by molar-refractivity contribution is -0.0857. The summed E-state index contributed by atoms with van der Waals surface area (Å²) in [5.41, 5.74) is -0.821. The molecule has 0 aromatic heterocycles. The van der Waals surface area contributed by atoms with Crippen molar-refractivity contribution in [1.82, 2.24) is 4.90 Å². The number of hydrogen-bond donors (Lipinski definition) is 3. The molecule has 2 saturated heterocycles. The van der Waals surface area contributed by atoms with E-state index in [1.54, 1.807) is 0 Å². The van der Waals surface area contributed by atoms with E-state index in [0.29, 0.717) is 45.3 Å². The quantitative estimate of drug-likeness (QED) is 0.668. The Bertz CT molecular complexity index is 303. The molecular formula is C12H21NO5. The summed E-state index contributed by atoms with van der Waals surface area (Å²) >= 11 is 0. The molecule has 104 valence electrons. The lowest BCUT2D eigenvalue weighted by Crippen LogP contribution is -2.52. The molecule has 0 aromatic carbocycles. The number of β-amino-alcohol motifs (C(OH)–C–C–N with tert-alkyl or cyclic N) is 1. The smallest absolute Gasteiger partial charge is 0.407 e. The highest BCUT2D eigenvalue weighted by Gasteiger charge is 2.38. The maximum atomic E-state index is 11.2. The van der Waals surface area contributed by atoms with Crippen LogP contribution in [0.4, 0.5) is 4.79 Å². The predicted octanol–water partition coefficient (Wildman–Crippen LogP) is 0.421. The van der Waals surface area contributed by atoms with Gasteiger partial charge in [-0.25, -0.2) is 4.79 Å². The average Bonchev–Trinajstić information content (AvgIpc) is 2.32. The maximum Gasteiger partial charge on any atom is 0.407 e. The second-order valence-electron chi connectivity index (χ2n) is 5.36. The molecule has 6 nitrogen and oxygen atoms in total. The topological polar surface area (TPSA) is 90.2 Å². The minimum Gasteiger partial charge on any atom is -0.465 e. The van der Waals surface area contributed by atoms with Gasteiger partial charge in [-0.2, -0.15) is 0 Å². The monoisotopic (exact) mass is 259 g/mol. The summed E-state index contributed by atoms with van der Waals surface area (Å²) in [6.45, 7) is 1.20. The van der Waals surface area contributed by atoms with Crippen molar-refractivity contribution >= 4 is 6.09 Å². The minimum absolute atomic E-state index is 0.145. The highest BCUT2D eigenvalue weighted by atomic mass is 16.5. The molecule has 0 aromatic rings.